The fourth-order valence-corrected chi connectivity index (χ4v) is 2.87. The van der Waals surface area contributed by atoms with Gasteiger partial charge in [0.15, 0.2) is 11.5 Å². The van der Waals surface area contributed by atoms with Crippen LogP contribution in [0.5, 0.6) is 11.5 Å². The van der Waals surface area contributed by atoms with Gasteiger partial charge in [-0.1, -0.05) is 29.3 Å². The summed E-state index contributed by atoms with van der Waals surface area (Å²) in [6, 6.07) is 10.8. The van der Waals surface area contributed by atoms with Crippen LogP contribution in [-0.4, -0.2) is 23.0 Å². The highest BCUT2D eigenvalue weighted by molar-refractivity contribution is 6.35. The van der Waals surface area contributed by atoms with E-state index in [1.54, 1.807) is 31.7 Å². The summed E-state index contributed by atoms with van der Waals surface area (Å²) in [5.41, 5.74) is 8.24. The van der Waals surface area contributed by atoms with E-state index in [1.807, 2.05) is 31.2 Å². The van der Waals surface area contributed by atoms with Gasteiger partial charge in [-0.3, -0.25) is 0 Å². The number of aromatic nitrogens is 2. The first-order valence-corrected chi connectivity index (χ1v) is 8.82. The van der Waals surface area contributed by atoms with Crippen LogP contribution in [0.1, 0.15) is 16.8 Å². The molecule has 0 aliphatic rings. The number of imidazole rings is 1. The van der Waals surface area contributed by atoms with Crippen molar-refractivity contribution in [1.82, 2.24) is 9.66 Å². The summed E-state index contributed by atoms with van der Waals surface area (Å²) in [6.45, 7) is 2.15. The molecule has 0 fully saturated rings. The Morgan fingerprint density at radius 3 is 2.67 bits per heavy atom. The maximum Gasteiger partial charge on any atom is 0.221 e. The minimum Gasteiger partial charge on any atom is -0.493 e. The van der Waals surface area contributed by atoms with E-state index >= 15 is 0 Å². The van der Waals surface area contributed by atoms with Crippen LogP contribution in [0.2, 0.25) is 10.0 Å². The molecule has 8 heteroatoms. The van der Waals surface area contributed by atoms with E-state index in [2.05, 4.69) is 10.1 Å². The van der Waals surface area contributed by atoms with Crippen LogP contribution in [0.4, 0.5) is 5.95 Å². The Kier molecular flexibility index (Phi) is 5.88. The average molecular weight is 405 g/mol. The van der Waals surface area contributed by atoms with Crippen molar-refractivity contribution < 1.29 is 9.47 Å². The van der Waals surface area contributed by atoms with Gasteiger partial charge in [0.05, 0.1) is 25.2 Å². The van der Waals surface area contributed by atoms with E-state index in [9.17, 15) is 0 Å². The quantitative estimate of drug-likeness (QED) is 0.611. The summed E-state index contributed by atoms with van der Waals surface area (Å²) in [5.74, 6) is 1.51. The molecule has 1 aromatic heterocycles. The molecule has 0 saturated carbocycles. The molecule has 27 heavy (non-hydrogen) atoms. The van der Waals surface area contributed by atoms with Crippen LogP contribution in [0, 0.1) is 6.92 Å². The van der Waals surface area contributed by atoms with Crippen LogP contribution in [0.3, 0.4) is 0 Å². The van der Waals surface area contributed by atoms with Crippen LogP contribution in [0.25, 0.3) is 0 Å². The van der Waals surface area contributed by atoms with Crippen LogP contribution in [0.15, 0.2) is 47.7 Å². The number of ether oxygens (including phenoxy) is 2. The molecule has 0 bridgehead atoms. The van der Waals surface area contributed by atoms with Gasteiger partial charge >= 0.3 is 0 Å². The zero-order chi connectivity index (χ0) is 19.4. The van der Waals surface area contributed by atoms with E-state index in [-0.39, 0.29) is 0 Å². The lowest BCUT2D eigenvalue weighted by Gasteiger charge is -2.12. The molecule has 2 aromatic carbocycles. The summed E-state index contributed by atoms with van der Waals surface area (Å²) in [6.07, 6.45) is 3.41. The van der Waals surface area contributed by atoms with Crippen molar-refractivity contribution in [1.29, 1.82) is 0 Å². The van der Waals surface area contributed by atoms with E-state index in [1.165, 1.54) is 4.68 Å². The molecule has 0 aliphatic carbocycles. The number of hydrogen-bond acceptors (Lipinski definition) is 5. The number of nitrogens with zero attached hydrogens (tertiary/aromatic N) is 3. The van der Waals surface area contributed by atoms with Gasteiger partial charge in [0.1, 0.15) is 6.61 Å². The first kappa shape index (κ1) is 19.1. The molecule has 0 spiro atoms. The molecule has 1 heterocycles. The third kappa shape index (κ3) is 4.72. The number of aryl methyl sites for hydroxylation is 1. The van der Waals surface area contributed by atoms with Gasteiger partial charge in [-0.2, -0.15) is 5.10 Å². The second kappa shape index (κ2) is 8.33. The van der Waals surface area contributed by atoms with Gasteiger partial charge in [0.25, 0.3) is 0 Å². The highest BCUT2D eigenvalue weighted by atomic mass is 35.5. The Morgan fingerprint density at radius 1 is 1.19 bits per heavy atom. The Balaban J connectivity index is 1.75. The topological polar surface area (TPSA) is 74.7 Å². The number of nitrogens with two attached hydrogens (primary N) is 1. The first-order chi connectivity index (χ1) is 13.0. The first-order valence-electron chi connectivity index (χ1n) is 8.07. The fraction of sp³-hybridized carbons (Fsp3) is 0.158. The molecular formula is C19H18Cl2N4O2. The van der Waals surface area contributed by atoms with E-state index < -0.39 is 0 Å². The molecule has 0 amide bonds. The van der Waals surface area contributed by atoms with Gasteiger partial charge < -0.3 is 15.2 Å². The summed E-state index contributed by atoms with van der Waals surface area (Å²) >= 11 is 12.1. The summed E-state index contributed by atoms with van der Waals surface area (Å²) < 4.78 is 12.8. The van der Waals surface area contributed by atoms with Crippen LogP contribution < -0.4 is 15.2 Å². The standard InChI is InChI=1S/C19H18Cl2N4O2/c1-12-10-25(19(22)24-12)23-9-13-3-6-17(18(7-13)26-2)27-11-14-4-5-15(20)8-16(14)21/h3-10H,11H2,1-2H3,(H2,22,24). The zero-order valence-corrected chi connectivity index (χ0v) is 16.3. The Morgan fingerprint density at radius 2 is 2.00 bits per heavy atom. The van der Waals surface area contributed by atoms with Crippen molar-refractivity contribution in [2.45, 2.75) is 13.5 Å². The molecule has 0 unspecified atom stereocenters. The molecule has 0 radical (unpaired) electrons. The van der Waals surface area contributed by atoms with Crippen molar-refractivity contribution >= 4 is 35.4 Å². The Bertz CT molecular complexity index is 986. The summed E-state index contributed by atoms with van der Waals surface area (Å²) in [7, 11) is 1.58. The lowest BCUT2D eigenvalue weighted by molar-refractivity contribution is 0.284. The number of methoxy groups -OCH3 is 1. The number of nitrogen functional groups attached to an aromatic ring is 1. The van der Waals surface area contributed by atoms with Crippen LogP contribution >= 0.6 is 23.2 Å². The molecule has 0 aliphatic heterocycles. The summed E-state index contributed by atoms with van der Waals surface area (Å²) in [4.78, 5) is 4.10. The van der Waals surface area contributed by atoms with Crippen molar-refractivity contribution in [2.75, 3.05) is 12.8 Å². The Hall–Kier alpha value is -2.70. The number of halogens is 2. The molecule has 0 saturated heterocycles. The second-order valence-electron chi connectivity index (χ2n) is 5.76. The smallest absolute Gasteiger partial charge is 0.221 e. The predicted octanol–water partition coefficient (Wildman–Crippen LogP) is 4.55. The largest absolute Gasteiger partial charge is 0.493 e. The monoisotopic (exact) mass is 404 g/mol. The normalized spacial score (nSPS) is 11.1. The van der Waals surface area contributed by atoms with E-state index in [0.29, 0.717) is 34.1 Å². The van der Waals surface area contributed by atoms with Gasteiger partial charge in [0.2, 0.25) is 5.95 Å². The molecule has 140 valence electrons. The van der Waals surface area contributed by atoms with E-state index in [0.717, 1.165) is 16.8 Å². The van der Waals surface area contributed by atoms with Crippen molar-refractivity contribution in [3.8, 4) is 11.5 Å². The molecule has 6 nitrogen and oxygen atoms in total. The molecule has 3 aromatic rings. The third-order valence-electron chi connectivity index (χ3n) is 3.75. The highest BCUT2D eigenvalue weighted by Gasteiger charge is 2.08. The molecule has 3 rings (SSSR count). The maximum absolute atomic E-state index is 6.18. The second-order valence-corrected chi connectivity index (χ2v) is 6.61. The minimum atomic E-state index is 0.296. The molecule has 2 N–H and O–H groups in total. The fourth-order valence-electron chi connectivity index (χ4n) is 2.40. The van der Waals surface area contributed by atoms with E-state index in [4.69, 9.17) is 38.4 Å². The lowest BCUT2D eigenvalue weighted by Crippen LogP contribution is -2.00. The highest BCUT2D eigenvalue weighted by Crippen LogP contribution is 2.29. The number of hydrogen-bond donors (Lipinski definition) is 1. The van der Waals surface area contributed by atoms with Crippen molar-refractivity contribution in [3.63, 3.8) is 0 Å². The van der Waals surface area contributed by atoms with Crippen molar-refractivity contribution in [3.05, 3.63) is 69.5 Å². The number of benzene rings is 2. The van der Waals surface area contributed by atoms with Gasteiger partial charge in [-0.15, -0.1) is 0 Å². The number of anilines is 1. The molecule has 0 atom stereocenters. The van der Waals surface area contributed by atoms with Crippen LogP contribution in [-0.2, 0) is 6.61 Å². The zero-order valence-electron chi connectivity index (χ0n) is 14.8. The molecular weight excluding hydrogens is 387 g/mol. The maximum atomic E-state index is 6.18. The van der Waals surface area contributed by atoms with Crippen molar-refractivity contribution in [2.24, 2.45) is 5.10 Å². The number of rotatable bonds is 6. The summed E-state index contributed by atoms with van der Waals surface area (Å²) in [5, 5.41) is 5.43. The SMILES string of the molecule is COc1cc(C=Nn2cc(C)nc2N)ccc1OCc1ccc(Cl)cc1Cl. The predicted molar refractivity (Wildman–Crippen MR) is 108 cm³/mol. The average Bonchev–Trinajstić information content (AvgIpc) is 2.97. The minimum absolute atomic E-state index is 0.296. The third-order valence-corrected chi connectivity index (χ3v) is 4.34. The van der Waals surface area contributed by atoms with Gasteiger partial charge in [-0.25, -0.2) is 9.66 Å². The Labute approximate surface area is 167 Å². The van der Waals surface area contributed by atoms with Gasteiger partial charge in [0, 0.05) is 15.6 Å². The lowest BCUT2D eigenvalue weighted by atomic mass is 10.2. The van der Waals surface area contributed by atoms with Gasteiger partial charge in [-0.05, 0) is 42.8 Å².